The van der Waals surface area contributed by atoms with Crippen LogP contribution in [0, 0.1) is 0 Å². The Morgan fingerprint density at radius 3 is 3.15 bits per heavy atom. The molecule has 1 amide bonds. The van der Waals surface area contributed by atoms with E-state index in [0.717, 1.165) is 19.4 Å². The van der Waals surface area contributed by atoms with Crippen LogP contribution in [-0.4, -0.2) is 17.4 Å². The zero-order valence-electron chi connectivity index (χ0n) is 7.69. The Kier molecular flexibility index (Phi) is 2.36. The molecule has 3 heteroatoms. The van der Waals surface area contributed by atoms with E-state index in [9.17, 15) is 4.79 Å². The lowest BCUT2D eigenvalue weighted by molar-refractivity contribution is -0.129. The lowest BCUT2D eigenvalue weighted by atomic mass is 10.1. The molecule has 1 fully saturated rings. The first-order chi connectivity index (χ1) is 6.29. The van der Waals surface area contributed by atoms with E-state index in [2.05, 4.69) is 16.8 Å². The average molecular weight is 195 g/mol. The highest BCUT2D eigenvalue weighted by atomic mass is 32.1. The van der Waals surface area contributed by atoms with Crippen LogP contribution in [0.4, 0.5) is 0 Å². The van der Waals surface area contributed by atoms with Gasteiger partial charge in [-0.25, -0.2) is 0 Å². The summed E-state index contributed by atoms with van der Waals surface area (Å²) in [4.78, 5) is 13.3. The van der Waals surface area contributed by atoms with Crippen molar-refractivity contribution < 1.29 is 4.79 Å². The topological polar surface area (TPSA) is 20.3 Å². The zero-order valence-corrected chi connectivity index (χ0v) is 8.51. The van der Waals surface area contributed by atoms with Crippen molar-refractivity contribution in [3.8, 4) is 0 Å². The Morgan fingerprint density at radius 1 is 1.69 bits per heavy atom. The summed E-state index contributed by atoms with van der Waals surface area (Å²) in [6, 6.07) is 2.47. The summed E-state index contributed by atoms with van der Waals surface area (Å²) in [5, 5.41) is 4.22. The third-order valence-corrected chi connectivity index (χ3v) is 3.29. The van der Waals surface area contributed by atoms with Crippen LogP contribution in [0.1, 0.15) is 31.4 Å². The first-order valence-electron chi connectivity index (χ1n) is 4.58. The Balaban J connectivity index is 2.19. The number of carbonyl (C=O) groups is 1. The van der Waals surface area contributed by atoms with E-state index >= 15 is 0 Å². The molecule has 1 saturated heterocycles. The van der Waals surface area contributed by atoms with Gasteiger partial charge in [0, 0.05) is 13.5 Å². The fourth-order valence-electron chi connectivity index (χ4n) is 1.95. The third-order valence-electron chi connectivity index (χ3n) is 2.59. The summed E-state index contributed by atoms with van der Waals surface area (Å²) in [7, 11) is 0. The maximum atomic E-state index is 11.3. The summed E-state index contributed by atoms with van der Waals surface area (Å²) < 4.78 is 0. The number of thiophene rings is 1. The molecule has 1 aliphatic rings. The molecule has 2 heterocycles. The highest BCUT2D eigenvalue weighted by molar-refractivity contribution is 7.07. The molecule has 0 bridgehead atoms. The van der Waals surface area contributed by atoms with Gasteiger partial charge in [0.05, 0.1) is 6.04 Å². The number of nitrogens with zero attached hydrogens (tertiary/aromatic N) is 1. The molecule has 0 N–H and O–H groups in total. The molecule has 1 aromatic heterocycles. The molecule has 0 unspecified atom stereocenters. The monoisotopic (exact) mass is 195 g/mol. The van der Waals surface area contributed by atoms with Crippen LogP contribution in [0.15, 0.2) is 16.8 Å². The van der Waals surface area contributed by atoms with Gasteiger partial charge in [-0.2, -0.15) is 11.3 Å². The number of carbonyl (C=O) groups excluding carboxylic acids is 1. The SMILES string of the molecule is CC(=O)N1CCC[C@@H]1c1ccsc1. The van der Waals surface area contributed by atoms with Crippen LogP contribution in [-0.2, 0) is 4.79 Å². The van der Waals surface area contributed by atoms with Crippen LogP contribution < -0.4 is 0 Å². The van der Waals surface area contributed by atoms with Gasteiger partial charge in [0.1, 0.15) is 0 Å². The standard InChI is InChI=1S/C10H13NOS/c1-8(12)11-5-2-3-10(11)9-4-6-13-7-9/h4,6-7,10H,2-3,5H2,1H3/t10-/m1/s1. The molecule has 2 nitrogen and oxygen atoms in total. The Labute approximate surface area is 82.2 Å². The molecule has 0 spiro atoms. The minimum atomic E-state index is 0.203. The van der Waals surface area contributed by atoms with E-state index in [1.807, 2.05) is 4.90 Å². The second-order valence-corrected chi connectivity index (χ2v) is 4.21. The number of rotatable bonds is 1. The molecule has 0 aromatic carbocycles. The Morgan fingerprint density at radius 2 is 2.54 bits per heavy atom. The molecule has 0 aliphatic carbocycles. The third kappa shape index (κ3) is 1.61. The Hall–Kier alpha value is -0.830. The summed E-state index contributed by atoms with van der Waals surface area (Å²) >= 11 is 1.70. The molecule has 0 radical (unpaired) electrons. The van der Waals surface area contributed by atoms with Crippen LogP contribution >= 0.6 is 11.3 Å². The molecule has 1 atom stereocenters. The number of likely N-dealkylation sites (tertiary alicyclic amines) is 1. The van der Waals surface area contributed by atoms with Gasteiger partial charge in [0.25, 0.3) is 0 Å². The fraction of sp³-hybridized carbons (Fsp3) is 0.500. The van der Waals surface area contributed by atoms with Gasteiger partial charge in [-0.05, 0) is 35.2 Å². The smallest absolute Gasteiger partial charge is 0.219 e. The maximum absolute atomic E-state index is 11.3. The highest BCUT2D eigenvalue weighted by Gasteiger charge is 2.27. The normalized spacial score (nSPS) is 22.2. The van der Waals surface area contributed by atoms with Gasteiger partial charge in [-0.15, -0.1) is 0 Å². The molecule has 1 aliphatic heterocycles. The molecule has 70 valence electrons. The predicted octanol–water partition coefficient (Wildman–Crippen LogP) is 2.43. The minimum Gasteiger partial charge on any atom is -0.336 e. The largest absolute Gasteiger partial charge is 0.336 e. The molecule has 1 aromatic rings. The van der Waals surface area contributed by atoms with Crippen molar-refractivity contribution >= 4 is 17.2 Å². The molecular weight excluding hydrogens is 182 g/mol. The lowest BCUT2D eigenvalue weighted by Gasteiger charge is -2.22. The first-order valence-corrected chi connectivity index (χ1v) is 5.52. The second kappa shape index (κ2) is 3.50. The van der Waals surface area contributed by atoms with Crippen molar-refractivity contribution in [2.75, 3.05) is 6.54 Å². The molecule has 0 saturated carbocycles. The van der Waals surface area contributed by atoms with Crippen LogP contribution in [0.3, 0.4) is 0 Å². The fourth-order valence-corrected chi connectivity index (χ4v) is 2.66. The van der Waals surface area contributed by atoms with Gasteiger partial charge >= 0.3 is 0 Å². The summed E-state index contributed by atoms with van der Waals surface area (Å²) in [6.07, 6.45) is 2.26. The average Bonchev–Trinajstić information content (AvgIpc) is 2.74. The Bertz CT molecular complexity index is 294. The van der Waals surface area contributed by atoms with E-state index in [1.54, 1.807) is 18.3 Å². The van der Waals surface area contributed by atoms with Crippen LogP contribution in [0.2, 0.25) is 0 Å². The lowest BCUT2D eigenvalue weighted by Crippen LogP contribution is -2.27. The van der Waals surface area contributed by atoms with Crippen LogP contribution in [0.5, 0.6) is 0 Å². The van der Waals surface area contributed by atoms with Crippen molar-refractivity contribution in [1.82, 2.24) is 4.90 Å². The number of hydrogen-bond acceptors (Lipinski definition) is 2. The zero-order chi connectivity index (χ0) is 9.26. The van der Waals surface area contributed by atoms with Gasteiger partial charge in [0.15, 0.2) is 0 Å². The van der Waals surface area contributed by atoms with E-state index < -0.39 is 0 Å². The van der Waals surface area contributed by atoms with E-state index in [-0.39, 0.29) is 5.91 Å². The van der Waals surface area contributed by atoms with Crippen molar-refractivity contribution in [3.05, 3.63) is 22.4 Å². The predicted molar refractivity (Wildman–Crippen MR) is 53.7 cm³/mol. The number of amides is 1. The molecular formula is C10H13NOS. The minimum absolute atomic E-state index is 0.203. The van der Waals surface area contributed by atoms with Gasteiger partial charge in [-0.1, -0.05) is 0 Å². The van der Waals surface area contributed by atoms with Crippen LogP contribution in [0.25, 0.3) is 0 Å². The van der Waals surface area contributed by atoms with Crippen molar-refractivity contribution in [2.24, 2.45) is 0 Å². The molecule has 13 heavy (non-hydrogen) atoms. The van der Waals surface area contributed by atoms with E-state index in [4.69, 9.17) is 0 Å². The second-order valence-electron chi connectivity index (χ2n) is 3.43. The van der Waals surface area contributed by atoms with E-state index in [0.29, 0.717) is 6.04 Å². The van der Waals surface area contributed by atoms with Crippen molar-refractivity contribution in [1.29, 1.82) is 0 Å². The summed E-state index contributed by atoms with van der Waals surface area (Å²) in [6.45, 7) is 2.58. The van der Waals surface area contributed by atoms with Gasteiger partial charge in [-0.3, -0.25) is 4.79 Å². The van der Waals surface area contributed by atoms with E-state index in [1.165, 1.54) is 5.56 Å². The summed E-state index contributed by atoms with van der Waals surface area (Å²) in [5.41, 5.74) is 1.30. The quantitative estimate of drug-likeness (QED) is 0.674. The number of hydrogen-bond donors (Lipinski definition) is 0. The van der Waals surface area contributed by atoms with Gasteiger partial charge < -0.3 is 4.90 Å². The van der Waals surface area contributed by atoms with Crippen molar-refractivity contribution in [3.63, 3.8) is 0 Å². The van der Waals surface area contributed by atoms with Crippen molar-refractivity contribution in [2.45, 2.75) is 25.8 Å². The maximum Gasteiger partial charge on any atom is 0.219 e. The summed E-state index contributed by atoms with van der Waals surface area (Å²) in [5.74, 6) is 0.203. The highest BCUT2D eigenvalue weighted by Crippen LogP contribution is 2.32. The van der Waals surface area contributed by atoms with Gasteiger partial charge in [0.2, 0.25) is 5.91 Å². The first kappa shape index (κ1) is 8.75. The molecule has 2 rings (SSSR count).